The van der Waals surface area contributed by atoms with E-state index in [2.05, 4.69) is 13.8 Å². The Hall–Kier alpha value is -0.250. The van der Waals surface area contributed by atoms with E-state index in [9.17, 15) is 13.2 Å². The van der Waals surface area contributed by atoms with E-state index in [0.29, 0.717) is 5.41 Å². The molecule has 0 aromatic heterocycles. The Labute approximate surface area is 83.3 Å². The highest BCUT2D eigenvalue weighted by Crippen LogP contribution is 2.30. The molecule has 0 bridgehead atoms. The first-order valence-corrected chi connectivity index (χ1v) is 5.08. The standard InChI is InChI=1S/C10H18F3N/c1-9(2)3-6-14(7-4-9)8-5-10(11,12)13/h3-8H2,1-2H3. The molecule has 0 spiro atoms. The van der Waals surface area contributed by atoms with Crippen molar-refractivity contribution in [3.63, 3.8) is 0 Å². The lowest BCUT2D eigenvalue weighted by molar-refractivity contribution is -0.138. The summed E-state index contributed by atoms with van der Waals surface area (Å²) < 4.78 is 35.8. The minimum atomic E-state index is -4.01. The zero-order valence-corrected chi connectivity index (χ0v) is 8.82. The SMILES string of the molecule is CC1(C)CCN(CCC(F)(F)F)CC1. The van der Waals surface area contributed by atoms with E-state index in [1.165, 1.54) is 0 Å². The summed E-state index contributed by atoms with van der Waals surface area (Å²) in [4.78, 5) is 1.92. The van der Waals surface area contributed by atoms with Crippen molar-refractivity contribution in [2.75, 3.05) is 19.6 Å². The van der Waals surface area contributed by atoms with Crippen LogP contribution in [-0.4, -0.2) is 30.7 Å². The van der Waals surface area contributed by atoms with Crippen molar-refractivity contribution >= 4 is 0 Å². The van der Waals surface area contributed by atoms with E-state index >= 15 is 0 Å². The quantitative estimate of drug-likeness (QED) is 0.675. The highest BCUT2D eigenvalue weighted by molar-refractivity contribution is 4.78. The van der Waals surface area contributed by atoms with Crippen LogP contribution in [0.1, 0.15) is 33.1 Å². The normalized spacial score (nSPS) is 23.8. The smallest absolute Gasteiger partial charge is 0.303 e. The second-order valence-electron chi connectivity index (χ2n) is 4.87. The van der Waals surface area contributed by atoms with Crippen molar-refractivity contribution in [3.8, 4) is 0 Å². The Morgan fingerprint density at radius 2 is 1.64 bits per heavy atom. The van der Waals surface area contributed by atoms with Gasteiger partial charge < -0.3 is 4.90 Å². The van der Waals surface area contributed by atoms with Gasteiger partial charge in [0.25, 0.3) is 0 Å². The summed E-state index contributed by atoms with van der Waals surface area (Å²) in [5.41, 5.74) is 0.314. The van der Waals surface area contributed by atoms with E-state index in [4.69, 9.17) is 0 Å². The van der Waals surface area contributed by atoms with E-state index in [1.807, 2.05) is 4.90 Å². The van der Waals surface area contributed by atoms with Gasteiger partial charge in [-0.1, -0.05) is 13.8 Å². The maximum Gasteiger partial charge on any atom is 0.390 e. The molecule has 0 aromatic rings. The Morgan fingerprint density at radius 1 is 1.14 bits per heavy atom. The third-order valence-electron chi connectivity index (χ3n) is 2.92. The van der Waals surface area contributed by atoms with Crippen LogP contribution >= 0.6 is 0 Å². The summed E-state index contributed by atoms with van der Waals surface area (Å²) in [6.07, 6.45) is -2.67. The number of rotatable bonds is 2. The van der Waals surface area contributed by atoms with Gasteiger partial charge in [0.2, 0.25) is 0 Å². The Balaban J connectivity index is 2.23. The third kappa shape index (κ3) is 4.31. The van der Waals surface area contributed by atoms with Crippen molar-refractivity contribution < 1.29 is 13.2 Å². The highest BCUT2D eigenvalue weighted by atomic mass is 19.4. The van der Waals surface area contributed by atoms with Gasteiger partial charge in [-0.25, -0.2) is 0 Å². The predicted molar refractivity (Wildman–Crippen MR) is 50.1 cm³/mol. The van der Waals surface area contributed by atoms with Crippen LogP contribution in [0.3, 0.4) is 0 Å². The molecule has 1 nitrogen and oxygen atoms in total. The fourth-order valence-electron chi connectivity index (χ4n) is 1.67. The van der Waals surface area contributed by atoms with Gasteiger partial charge in [0.15, 0.2) is 0 Å². The summed E-state index contributed by atoms with van der Waals surface area (Å²) in [7, 11) is 0. The molecule has 1 fully saturated rings. The van der Waals surface area contributed by atoms with Gasteiger partial charge in [0.1, 0.15) is 0 Å². The molecule has 0 N–H and O–H groups in total. The summed E-state index contributed by atoms with van der Waals surface area (Å²) in [5, 5.41) is 0. The summed E-state index contributed by atoms with van der Waals surface area (Å²) in [6.45, 7) is 6.13. The van der Waals surface area contributed by atoms with Gasteiger partial charge >= 0.3 is 6.18 Å². The Bertz CT molecular complexity index is 176. The average molecular weight is 209 g/mol. The van der Waals surface area contributed by atoms with Crippen LogP contribution in [0.4, 0.5) is 13.2 Å². The second-order valence-corrected chi connectivity index (χ2v) is 4.87. The topological polar surface area (TPSA) is 3.24 Å². The first-order valence-electron chi connectivity index (χ1n) is 5.08. The maximum absolute atomic E-state index is 11.9. The van der Waals surface area contributed by atoms with Crippen LogP contribution in [-0.2, 0) is 0 Å². The van der Waals surface area contributed by atoms with Crippen molar-refractivity contribution in [2.45, 2.75) is 39.3 Å². The van der Waals surface area contributed by atoms with Crippen LogP contribution in [0, 0.1) is 5.41 Å². The number of halogens is 3. The van der Waals surface area contributed by atoms with E-state index in [1.54, 1.807) is 0 Å². The Kier molecular flexibility index (Phi) is 3.45. The predicted octanol–water partition coefficient (Wildman–Crippen LogP) is 3.06. The van der Waals surface area contributed by atoms with E-state index < -0.39 is 12.6 Å². The number of alkyl halides is 3. The van der Waals surface area contributed by atoms with Gasteiger partial charge in [-0.2, -0.15) is 13.2 Å². The van der Waals surface area contributed by atoms with E-state index in [0.717, 1.165) is 25.9 Å². The number of piperidine rings is 1. The lowest BCUT2D eigenvalue weighted by atomic mass is 9.83. The first-order chi connectivity index (χ1) is 6.29. The molecule has 4 heteroatoms. The third-order valence-corrected chi connectivity index (χ3v) is 2.92. The minimum Gasteiger partial charge on any atom is -0.303 e. The molecule has 1 saturated heterocycles. The molecule has 1 aliphatic rings. The molecule has 1 aliphatic heterocycles. The molecule has 0 unspecified atom stereocenters. The van der Waals surface area contributed by atoms with Crippen molar-refractivity contribution in [3.05, 3.63) is 0 Å². The molecule has 1 heterocycles. The van der Waals surface area contributed by atoms with Gasteiger partial charge in [-0.15, -0.1) is 0 Å². The summed E-state index contributed by atoms with van der Waals surface area (Å²) >= 11 is 0. The maximum atomic E-state index is 11.9. The number of hydrogen-bond donors (Lipinski definition) is 0. The summed E-state index contributed by atoms with van der Waals surface area (Å²) in [6, 6.07) is 0. The zero-order chi connectivity index (χ0) is 10.8. The van der Waals surface area contributed by atoms with Crippen molar-refractivity contribution in [1.82, 2.24) is 4.90 Å². The van der Waals surface area contributed by atoms with Gasteiger partial charge in [0.05, 0.1) is 6.42 Å². The van der Waals surface area contributed by atoms with Gasteiger partial charge in [-0.05, 0) is 31.3 Å². The number of likely N-dealkylation sites (tertiary alicyclic amines) is 1. The molecule has 14 heavy (non-hydrogen) atoms. The highest BCUT2D eigenvalue weighted by Gasteiger charge is 2.30. The number of nitrogens with zero attached hydrogens (tertiary/aromatic N) is 1. The Morgan fingerprint density at radius 3 is 2.07 bits per heavy atom. The zero-order valence-electron chi connectivity index (χ0n) is 8.82. The molecule has 0 atom stereocenters. The van der Waals surface area contributed by atoms with Crippen LogP contribution in [0.25, 0.3) is 0 Å². The summed E-state index contributed by atoms with van der Waals surface area (Å²) in [5.74, 6) is 0. The minimum absolute atomic E-state index is 0.166. The van der Waals surface area contributed by atoms with Crippen molar-refractivity contribution in [1.29, 1.82) is 0 Å². The molecule has 1 rings (SSSR count). The van der Waals surface area contributed by atoms with Crippen LogP contribution < -0.4 is 0 Å². The molecule has 0 saturated carbocycles. The first kappa shape index (κ1) is 11.8. The largest absolute Gasteiger partial charge is 0.390 e. The van der Waals surface area contributed by atoms with Crippen molar-refractivity contribution in [2.24, 2.45) is 5.41 Å². The molecule has 0 aromatic carbocycles. The van der Waals surface area contributed by atoms with Gasteiger partial charge in [0, 0.05) is 6.54 Å². The fraction of sp³-hybridized carbons (Fsp3) is 1.00. The molecule has 0 radical (unpaired) electrons. The van der Waals surface area contributed by atoms with Crippen LogP contribution in [0.2, 0.25) is 0 Å². The van der Waals surface area contributed by atoms with E-state index in [-0.39, 0.29) is 6.54 Å². The molecule has 84 valence electrons. The van der Waals surface area contributed by atoms with Crippen LogP contribution in [0.5, 0.6) is 0 Å². The van der Waals surface area contributed by atoms with Gasteiger partial charge in [-0.3, -0.25) is 0 Å². The lowest BCUT2D eigenvalue weighted by Gasteiger charge is -2.36. The average Bonchev–Trinajstić information content (AvgIpc) is 2.01. The fourth-order valence-corrected chi connectivity index (χ4v) is 1.67. The lowest BCUT2D eigenvalue weighted by Crippen LogP contribution is -2.38. The van der Waals surface area contributed by atoms with Crippen LogP contribution in [0.15, 0.2) is 0 Å². The molecular formula is C10H18F3N. The molecular weight excluding hydrogens is 191 g/mol. The monoisotopic (exact) mass is 209 g/mol. The second kappa shape index (κ2) is 4.09. The molecule has 0 amide bonds. The molecule has 0 aliphatic carbocycles. The number of hydrogen-bond acceptors (Lipinski definition) is 1.